The number of hydrogen-bond acceptors (Lipinski definition) is 8. The first-order valence-corrected chi connectivity index (χ1v) is 14.3. The highest BCUT2D eigenvalue weighted by Crippen LogP contribution is 2.26. The van der Waals surface area contributed by atoms with Crippen molar-refractivity contribution in [3.05, 3.63) is 78.3 Å². The highest BCUT2D eigenvalue weighted by molar-refractivity contribution is 6.06. The van der Waals surface area contributed by atoms with E-state index in [0.717, 1.165) is 55.6 Å². The van der Waals surface area contributed by atoms with Crippen molar-refractivity contribution < 1.29 is 9.47 Å². The molecule has 1 N–H and O–H groups in total. The molecule has 1 saturated carbocycles. The fourth-order valence-electron chi connectivity index (χ4n) is 5.24. The zero-order chi connectivity index (χ0) is 27.7. The van der Waals surface area contributed by atoms with E-state index in [4.69, 9.17) is 24.5 Å². The molecular weight excluding hydrogens is 500 g/mol. The van der Waals surface area contributed by atoms with Gasteiger partial charge >= 0.3 is 6.02 Å². The third-order valence-electron chi connectivity index (χ3n) is 7.61. The van der Waals surface area contributed by atoms with Crippen LogP contribution in [-0.2, 0) is 4.74 Å². The maximum absolute atomic E-state index is 6.38. The maximum Gasteiger partial charge on any atom is 0.321 e. The lowest BCUT2D eigenvalue weighted by Gasteiger charge is -2.31. The molecule has 0 atom stereocenters. The summed E-state index contributed by atoms with van der Waals surface area (Å²) in [4.78, 5) is 18.9. The summed E-state index contributed by atoms with van der Waals surface area (Å²) in [7, 11) is 0. The van der Waals surface area contributed by atoms with E-state index in [1.165, 1.54) is 25.0 Å². The summed E-state index contributed by atoms with van der Waals surface area (Å²) in [5.74, 6) is 1.22. The van der Waals surface area contributed by atoms with Crippen molar-refractivity contribution in [2.24, 2.45) is 15.0 Å². The lowest BCUT2D eigenvalue weighted by molar-refractivity contribution is 0.0537. The van der Waals surface area contributed by atoms with Gasteiger partial charge in [-0.1, -0.05) is 62.2 Å². The smallest absolute Gasteiger partial charge is 0.321 e. The molecule has 2 heterocycles. The van der Waals surface area contributed by atoms with Gasteiger partial charge in [0.2, 0.25) is 0 Å². The number of rotatable bonds is 5. The molecule has 2 aromatic carbocycles. The van der Waals surface area contributed by atoms with Gasteiger partial charge in [-0.05, 0) is 50.3 Å². The van der Waals surface area contributed by atoms with E-state index < -0.39 is 0 Å². The van der Waals surface area contributed by atoms with E-state index in [2.05, 4.69) is 52.9 Å². The predicted molar refractivity (Wildman–Crippen MR) is 164 cm³/mol. The molecule has 5 rings (SSSR count). The second-order valence-electron chi connectivity index (χ2n) is 10.5. The number of fused-ring (bicyclic) bond motifs is 1. The van der Waals surface area contributed by atoms with Crippen LogP contribution in [0, 0.1) is 0 Å². The molecule has 0 bridgehead atoms. The number of ether oxygens (including phenoxy) is 2. The number of morpholine rings is 1. The molecule has 210 valence electrons. The predicted octanol–water partition coefficient (Wildman–Crippen LogP) is 5.85. The fraction of sp³-hybridized carbons (Fsp3) is 0.406. The topological polar surface area (TPSA) is 74.0 Å². The first-order valence-electron chi connectivity index (χ1n) is 14.3. The Bertz CT molecular complexity index is 1340. The molecule has 8 nitrogen and oxygen atoms in total. The quantitative estimate of drug-likeness (QED) is 0.482. The summed E-state index contributed by atoms with van der Waals surface area (Å²) in [5.41, 5.74) is 2.64. The van der Waals surface area contributed by atoms with Crippen LogP contribution in [0.25, 0.3) is 10.8 Å². The van der Waals surface area contributed by atoms with E-state index in [1.807, 2.05) is 43.6 Å². The summed E-state index contributed by atoms with van der Waals surface area (Å²) in [6, 6.07) is 14.9. The van der Waals surface area contributed by atoms with Crippen LogP contribution in [0.4, 0.5) is 0 Å². The first kappa shape index (κ1) is 27.6. The van der Waals surface area contributed by atoms with Crippen molar-refractivity contribution in [1.29, 1.82) is 0 Å². The second-order valence-corrected chi connectivity index (χ2v) is 10.5. The standard InChI is InChI=1S/C32H40N6O2/c1-24(16-17-25(2)37-18-20-39-21-19-37)35-31-26(3)33-22-38(28-12-5-4-6-13-28)23-34-32(36-31)40-30-15-9-11-27-10-7-8-14-29(27)30/h7-11,14-17,22,28H,3-6,12-13,18-21,23H2,1-2H3,(H,34,35,36)/b24-16+,25-17+,33-22-. The lowest BCUT2D eigenvalue weighted by atomic mass is 9.95. The molecule has 0 radical (unpaired) electrons. The Balaban J connectivity index is 1.42. The van der Waals surface area contributed by atoms with E-state index in [-0.39, 0.29) is 6.02 Å². The molecule has 0 amide bonds. The molecule has 1 aliphatic carbocycles. The minimum atomic E-state index is 0.277. The lowest BCUT2D eigenvalue weighted by Crippen LogP contribution is -2.36. The molecule has 40 heavy (non-hydrogen) atoms. The molecule has 0 spiro atoms. The zero-order valence-electron chi connectivity index (χ0n) is 23.7. The largest absolute Gasteiger partial charge is 0.424 e. The van der Waals surface area contributed by atoms with Gasteiger partial charge in [0.05, 0.1) is 19.6 Å². The van der Waals surface area contributed by atoms with Gasteiger partial charge in [0.1, 0.15) is 18.1 Å². The maximum atomic E-state index is 6.38. The van der Waals surface area contributed by atoms with E-state index in [1.54, 1.807) is 0 Å². The summed E-state index contributed by atoms with van der Waals surface area (Å²) in [5, 5.41) is 5.51. The van der Waals surface area contributed by atoms with Crippen molar-refractivity contribution in [2.75, 3.05) is 33.0 Å². The molecule has 2 fully saturated rings. The molecular formula is C32H40N6O2. The third-order valence-corrected chi connectivity index (χ3v) is 7.61. The van der Waals surface area contributed by atoms with E-state index >= 15 is 0 Å². The van der Waals surface area contributed by atoms with E-state index in [0.29, 0.717) is 30.0 Å². The molecule has 8 heteroatoms. The van der Waals surface area contributed by atoms with Crippen LogP contribution in [0.1, 0.15) is 46.0 Å². The normalized spacial score (nSPS) is 23.4. The van der Waals surface area contributed by atoms with Gasteiger partial charge in [0.25, 0.3) is 0 Å². The van der Waals surface area contributed by atoms with Gasteiger partial charge in [0.15, 0.2) is 5.84 Å². The Kier molecular flexibility index (Phi) is 9.29. The van der Waals surface area contributed by atoms with Crippen LogP contribution < -0.4 is 10.1 Å². The van der Waals surface area contributed by atoms with Gasteiger partial charge < -0.3 is 24.6 Å². The Morgan fingerprint density at radius 2 is 1.80 bits per heavy atom. The van der Waals surface area contributed by atoms with E-state index in [9.17, 15) is 0 Å². The monoisotopic (exact) mass is 540 g/mol. The Labute approximate surface area is 237 Å². The fourth-order valence-corrected chi connectivity index (χ4v) is 5.24. The molecule has 0 aromatic heterocycles. The van der Waals surface area contributed by atoms with Crippen LogP contribution in [-0.4, -0.2) is 67.0 Å². The van der Waals surface area contributed by atoms with Crippen molar-refractivity contribution >= 4 is 29.0 Å². The molecule has 3 aliphatic rings. The highest BCUT2D eigenvalue weighted by Gasteiger charge is 2.21. The van der Waals surface area contributed by atoms with Gasteiger partial charge in [-0.2, -0.15) is 4.99 Å². The minimum absolute atomic E-state index is 0.277. The number of aliphatic imine (C=N–C) groups is 3. The highest BCUT2D eigenvalue weighted by atomic mass is 16.5. The minimum Gasteiger partial charge on any atom is -0.424 e. The number of benzene rings is 2. The van der Waals surface area contributed by atoms with Crippen molar-refractivity contribution in [2.45, 2.75) is 52.0 Å². The van der Waals surface area contributed by atoms with Crippen molar-refractivity contribution in [3.63, 3.8) is 0 Å². The van der Waals surface area contributed by atoms with Crippen LogP contribution in [0.15, 0.2) is 93.3 Å². The number of allylic oxidation sites excluding steroid dienone is 4. The first-order chi connectivity index (χ1) is 19.6. The second kappa shape index (κ2) is 13.4. The molecule has 1 saturated heterocycles. The number of nitrogens with zero attached hydrogens (tertiary/aromatic N) is 5. The molecule has 0 unspecified atom stereocenters. The summed E-state index contributed by atoms with van der Waals surface area (Å²) in [6.45, 7) is 12.1. The van der Waals surface area contributed by atoms with Crippen LogP contribution in [0.5, 0.6) is 5.75 Å². The average Bonchev–Trinajstić information content (AvgIpc) is 3.07. The Hall–Kier alpha value is -3.91. The van der Waals surface area contributed by atoms with Crippen LogP contribution in [0.2, 0.25) is 0 Å². The van der Waals surface area contributed by atoms with Crippen LogP contribution in [0.3, 0.4) is 0 Å². The summed E-state index contributed by atoms with van der Waals surface area (Å²) in [6.07, 6.45) is 12.0. The molecule has 2 aliphatic heterocycles. The third kappa shape index (κ3) is 7.18. The van der Waals surface area contributed by atoms with Gasteiger partial charge in [-0.3, -0.25) is 0 Å². The summed E-state index contributed by atoms with van der Waals surface area (Å²) >= 11 is 0. The summed E-state index contributed by atoms with van der Waals surface area (Å²) < 4.78 is 11.9. The van der Waals surface area contributed by atoms with Crippen molar-refractivity contribution in [1.82, 2.24) is 15.1 Å². The Morgan fingerprint density at radius 1 is 1.02 bits per heavy atom. The van der Waals surface area contributed by atoms with Gasteiger partial charge in [0, 0.05) is 35.9 Å². The number of amidine groups is 2. The number of hydrogen-bond donors (Lipinski definition) is 1. The SMILES string of the molecule is C=C1/N=C\N(C2CCCCC2)C/N=C(Oc2cccc3ccccc23)\N=C/1N/C(C)=C/C=C(\C)N1CCOCC1. The van der Waals surface area contributed by atoms with Gasteiger partial charge in [-0.15, -0.1) is 0 Å². The molecule has 2 aromatic rings. The average molecular weight is 541 g/mol. The van der Waals surface area contributed by atoms with Crippen molar-refractivity contribution in [3.8, 4) is 5.75 Å². The van der Waals surface area contributed by atoms with Crippen LogP contribution >= 0.6 is 0 Å². The van der Waals surface area contributed by atoms with Gasteiger partial charge in [-0.25, -0.2) is 9.98 Å². The Morgan fingerprint density at radius 3 is 2.62 bits per heavy atom. The zero-order valence-corrected chi connectivity index (χ0v) is 23.7. The number of nitrogens with one attached hydrogen (secondary N) is 1.